The van der Waals surface area contributed by atoms with Gasteiger partial charge in [0.1, 0.15) is 0 Å². The molecule has 0 radical (unpaired) electrons. The number of piperidine rings is 1. The van der Waals surface area contributed by atoms with E-state index in [1.54, 1.807) is 0 Å². The molecule has 0 aromatic heterocycles. The van der Waals surface area contributed by atoms with E-state index in [1.807, 2.05) is 4.90 Å². The average molecular weight is 240 g/mol. The Labute approximate surface area is 103 Å². The standard InChI is InChI=1S/C13H24N2O2/c16-9-8-15(12-5-3-6-12)13(17)10-11-4-1-2-7-14-11/h11-12,14,16H,1-10H2. The van der Waals surface area contributed by atoms with Crippen LogP contribution in [0.5, 0.6) is 0 Å². The third kappa shape index (κ3) is 3.42. The second-order valence-electron chi connectivity index (χ2n) is 5.25. The van der Waals surface area contributed by atoms with Crippen molar-refractivity contribution in [2.45, 2.75) is 57.0 Å². The Morgan fingerprint density at radius 1 is 1.24 bits per heavy atom. The van der Waals surface area contributed by atoms with Crippen LogP contribution in [0.25, 0.3) is 0 Å². The molecule has 1 aliphatic heterocycles. The maximum absolute atomic E-state index is 12.2. The molecule has 17 heavy (non-hydrogen) atoms. The number of carbonyl (C=O) groups excluding carboxylic acids is 1. The summed E-state index contributed by atoms with van der Waals surface area (Å²) < 4.78 is 0. The first-order chi connectivity index (χ1) is 8.31. The number of hydrogen-bond acceptors (Lipinski definition) is 3. The normalized spacial score (nSPS) is 25.4. The SMILES string of the molecule is O=C(CC1CCCCN1)N(CCO)C1CCC1. The average Bonchev–Trinajstić information content (AvgIpc) is 2.27. The molecule has 1 amide bonds. The van der Waals surface area contributed by atoms with Gasteiger partial charge < -0.3 is 15.3 Å². The molecule has 4 heteroatoms. The molecule has 4 nitrogen and oxygen atoms in total. The van der Waals surface area contributed by atoms with Gasteiger partial charge in [-0.2, -0.15) is 0 Å². The molecular formula is C13H24N2O2. The first-order valence-electron chi connectivity index (χ1n) is 6.95. The first-order valence-corrected chi connectivity index (χ1v) is 6.95. The Morgan fingerprint density at radius 2 is 2.06 bits per heavy atom. The van der Waals surface area contributed by atoms with Crippen LogP contribution in [0.3, 0.4) is 0 Å². The van der Waals surface area contributed by atoms with Gasteiger partial charge in [-0.05, 0) is 38.6 Å². The molecule has 1 saturated carbocycles. The number of hydrogen-bond donors (Lipinski definition) is 2. The van der Waals surface area contributed by atoms with Crippen LogP contribution in [0.1, 0.15) is 44.9 Å². The summed E-state index contributed by atoms with van der Waals surface area (Å²) in [5, 5.41) is 12.5. The lowest BCUT2D eigenvalue weighted by Gasteiger charge is -2.38. The van der Waals surface area contributed by atoms with E-state index in [2.05, 4.69) is 5.32 Å². The Balaban J connectivity index is 1.81. The van der Waals surface area contributed by atoms with Crippen LogP contribution in [0.4, 0.5) is 0 Å². The molecule has 2 rings (SSSR count). The van der Waals surface area contributed by atoms with E-state index >= 15 is 0 Å². The summed E-state index contributed by atoms with van der Waals surface area (Å²) in [6.45, 7) is 1.64. The van der Waals surface area contributed by atoms with Crippen LogP contribution in [-0.2, 0) is 4.79 Å². The third-order valence-electron chi connectivity index (χ3n) is 4.01. The van der Waals surface area contributed by atoms with Crippen molar-refractivity contribution in [3.05, 3.63) is 0 Å². The van der Waals surface area contributed by atoms with E-state index in [1.165, 1.54) is 19.3 Å². The summed E-state index contributed by atoms with van der Waals surface area (Å²) in [5.74, 6) is 0.225. The fourth-order valence-corrected chi connectivity index (χ4v) is 2.74. The summed E-state index contributed by atoms with van der Waals surface area (Å²) in [6, 6.07) is 0.760. The highest BCUT2D eigenvalue weighted by molar-refractivity contribution is 5.77. The van der Waals surface area contributed by atoms with E-state index in [4.69, 9.17) is 5.11 Å². The van der Waals surface area contributed by atoms with Gasteiger partial charge in [0.05, 0.1) is 6.61 Å². The van der Waals surface area contributed by atoms with Crippen molar-refractivity contribution in [1.82, 2.24) is 10.2 Å². The van der Waals surface area contributed by atoms with Gasteiger partial charge >= 0.3 is 0 Å². The maximum Gasteiger partial charge on any atom is 0.224 e. The van der Waals surface area contributed by atoms with Gasteiger partial charge in [-0.15, -0.1) is 0 Å². The van der Waals surface area contributed by atoms with E-state index in [0.717, 1.165) is 25.8 Å². The molecule has 98 valence electrons. The molecule has 0 bridgehead atoms. The molecule has 2 aliphatic rings. The number of carbonyl (C=O) groups is 1. The molecule has 2 N–H and O–H groups in total. The van der Waals surface area contributed by atoms with Crippen LogP contribution >= 0.6 is 0 Å². The molecule has 1 unspecified atom stereocenters. The Morgan fingerprint density at radius 3 is 2.59 bits per heavy atom. The minimum absolute atomic E-state index is 0.0837. The van der Waals surface area contributed by atoms with Crippen molar-refractivity contribution >= 4 is 5.91 Å². The lowest BCUT2D eigenvalue weighted by molar-refractivity contribution is -0.136. The predicted octanol–water partition coefficient (Wildman–Crippen LogP) is 0.892. The lowest BCUT2D eigenvalue weighted by Crippen LogP contribution is -2.48. The van der Waals surface area contributed by atoms with Gasteiger partial charge in [0.15, 0.2) is 0 Å². The Kier molecular flexibility index (Phi) is 4.80. The lowest BCUT2D eigenvalue weighted by atomic mass is 9.90. The number of aliphatic hydroxyl groups excluding tert-OH is 1. The first kappa shape index (κ1) is 12.8. The summed E-state index contributed by atoms with van der Waals surface area (Å²) in [4.78, 5) is 14.1. The molecule has 0 spiro atoms. The molecule has 0 aromatic rings. The van der Waals surface area contributed by atoms with E-state index < -0.39 is 0 Å². The smallest absolute Gasteiger partial charge is 0.224 e. The summed E-state index contributed by atoms with van der Waals surface area (Å²) >= 11 is 0. The maximum atomic E-state index is 12.2. The molecule has 1 heterocycles. The zero-order chi connectivity index (χ0) is 12.1. The van der Waals surface area contributed by atoms with Crippen LogP contribution < -0.4 is 5.32 Å². The van der Waals surface area contributed by atoms with Crippen molar-refractivity contribution in [3.8, 4) is 0 Å². The van der Waals surface area contributed by atoms with Gasteiger partial charge in [-0.3, -0.25) is 4.79 Å². The highest BCUT2D eigenvalue weighted by Gasteiger charge is 2.29. The zero-order valence-corrected chi connectivity index (χ0v) is 10.5. The second-order valence-corrected chi connectivity index (χ2v) is 5.25. The minimum atomic E-state index is 0.0837. The van der Waals surface area contributed by atoms with Crippen LogP contribution in [0, 0.1) is 0 Å². The van der Waals surface area contributed by atoms with E-state index in [-0.39, 0.29) is 12.5 Å². The van der Waals surface area contributed by atoms with Gasteiger partial charge in [0, 0.05) is 25.0 Å². The second kappa shape index (κ2) is 6.36. The fraction of sp³-hybridized carbons (Fsp3) is 0.923. The zero-order valence-electron chi connectivity index (χ0n) is 10.5. The van der Waals surface area contributed by atoms with Crippen molar-refractivity contribution in [3.63, 3.8) is 0 Å². The number of nitrogens with one attached hydrogen (secondary N) is 1. The molecule has 2 fully saturated rings. The predicted molar refractivity (Wildman–Crippen MR) is 66.7 cm³/mol. The van der Waals surface area contributed by atoms with E-state index in [9.17, 15) is 4.79 Å². The van der Waals surface area contributed by atoms with Gasteiger partial charge in [0.2, 0.25) is 5.91 Å². The molecular weight excluding hydrogens is 216 g/mol. The molecule has 1 atom stereocenters. The number of rotatable bonds is 5. The van der Waals surface area contributed by atoms with Crippen molar-refractivity contribution in [2.75, 3.05) is 19.7 Å². The molecule has 1 aliphatic carbocycles. The van der Waals surface area contributed by atoms with Crippen molar-refractivity contribution < 1.29 is 9.90 Å². The molecule has 0 aromatic carbocycles. The number of nitrogens with zero attached hydrogens (tertiary/aromatic N) is 1. The minimum Gasteiger partial charge on any atom is -0.395 e. The van der Waals surface area contributed by atoms with E-state index in [0.29, 0.717) is 25.0 Å². The highest BCUT2D eigenvalue weighted by atomic mass is 16.3. The summed E-state index contributed by atoms with van der Waals surface area (Å²) in [7, 11) is 0. The number of amides is 1. The summed E-state index contributed by atoms with van der Waals surface area (Å²) in [6.07, 6.45) is 7.64. The van der Waals surface area contributed by atoms with Crippen LogP contribution in [0.2, 0.25) is 0 Å². The third-order valence-corrected chi connectivity index (χ3v) is 4.01. The van der Waals surface area contributed by atoms with Crippen LogP contribution in [0.15, 0.2) is 0 Å². The fourth-order valence-electron chi connectivity index (χ4n) is 2.74. The highest BCUT2D eigenvalue weighted by Crippen LogP contribution is 2.25. The largest absolute Gasteiger partial charge is 0.395 e. The Bertz CT molecular complexity index is 248. The quantitative estimate of drug-likeness (QED) is 0.750. The molecule has 1 saturated heterocycles. The number of aliphatic hydroxyl groups is 1. The summed E-state index contributed by atoms with van der Waals surface area (Å²) in [5.41, 5.74) is 0. The topological polar surface area (TPSA) is 52.6 Å². The van der Waals surface area contributed by atoms with Gasteiger partial charge in [0.25, 0.3) is 0 Å². The van der Waals surface area contributed by atoms with Gasteiger partial charge in [-0.25, -0.2) is 0 Å². The van der Waals surface area contributed by atoms with Gasteiger partial charge in [-0.1, -0.05) is 6.42 Å². The van der Waals surface area contributed by atoms with Crippen molar-refractivity contribution in [2.24, 2.45) is 0 Å². The van der Waals surface area contributed by atoms with Crippen LogP contribution in [-0.4, -0.2) is 47.7 Å². The Hall–Kier alpha value is -0.610. The van der Waals surface area contributed by atoms with Crippen molar-refractivity contribution in [1.29, 1.82) is 0 Å². The monoisotopic (exact) mass is 240 g/mol.